The van der Waals surface area contributed by atoms with Gasteiger partial charge in [-0.25, -0.2) is 4.79 Å². The van der Waals surface area contributed by atoms with Crippen molar-refractivity contribution in [3.8, 4) is 0 Å². The first-order chi connectivity index (χ1) is 9.15. The number of carbonyl (C=O) groups is 3. The van der Waals surface area contributed by atoms with Crippen molar-refractivity contribution >= 4 is 18.0 Å². The van der Waals surface area contributed by atoms with Crippen molar-refractivity contribution in [2.75, 3.05) is 19.7 Å². The number of carbonyl (C=O) groups excluding carboxylic acids is 3. The van der Waals surface area contributed by atoms with Crippen LogP contribution in [0.1, 0.15) is 27.7 Å². The molecule has 2 unspecified atom stereocenters. The monoisotopic (exact) mass is 286 g/mol. The van der Waals surface area contributed by atoms with Crippen LogP contribution in [0, 0.1) is 11.8 Å². The Morgan fingerprint density at radius 1 is 1.20 bits per heavy atom. The van der Waals surface area contributed by atoms with E-state index in [1.165, 1.54) is 4.90 Å². The normalized spacial score (nSPS) is 22.5. The maximum absolute atomic E-state index is 11.9. The van der Waals surface area contributed by atoms with Gasteiger partial charge in [-0.1, -0.05) is 0 Å². The highest BCUT2D eigenvalue weighted by atomic mass is 16.6. The lowest BCUT2D eigenvalue weighted by molar-refractivity contribution is -0.312. The van der Waals surface area contributed by atoms with E-state index in [1.807, 2.05) is 0 Å². The van der Waals surface area contributed by atoms with Gasteiger partial charge in [0.05, 0.1) is 12.5 Å². The van der Waals surface area contributed by atoms with Crippen molar-refractivity contribution < 1.29 is 29.0 Å². The van der Waals surface area contributed by atoms with E-state index in [4.69, 9.17) is 9.47 Å². The second-order valence-electron chi connectivity index (χ2n) is 5.67. The summed E-state index contributed by atoms with van der Waals surface area (Å²) < 4.78 is 9.99. The fourth-order valence-corrected chi connectivity index (χ4v) is 2.01. The number of likely N-dealkylation sites (tertiary alicyclic amines) is 1. The summed E-state index contributed by atoms with van der Waals surface area (Å²) in [4.78, 5) is 35.9. The molecule has 0 aromatic rings. The molecule has 0 aromatic carbocycles. The predicted octanol–water partition coefficient (Wildman–Crippen LogP) is -0.217. The van der Waals surface area contributed by atoms with Crippen LogP contribution in [0.3, 0.4) is 0 Å². The smallest absolute Gasteiger partial charge is 0.410 e. The summed E-state index contributed by atoms with van der Waals surface area (Å²) in [5.41, 5.74) is -0.684. The fourth-order valence-electron chi connectivity index (χ4n) is 2.01. The molecule has 0 aliphatic carbocycles. The van der Waals surface area contributed by atoms with Gasteiger partial charge in [0, 0.05) is 25.0 Å². The molecule has 20 heavy (non-hydrogen) atoms. The molecule has 1 saturated heterocycles. The highest BCUT2D eigenvalue weighted by molar-refractivity contribution is 5.83. The number of hydrogen-bond donors (Lipinski definition) is 0. The van der Waals surface area contributed by atoms with Gasteiger partial charge in [0.25, 0.3) is 0 Å². The molecule has 1 rings (SSSR count). The third-order valence-corrected chi connectivity index (χ3v) is 2.86. The van der Waals surface area contributed by atoms with Crippen molar-refractivity contribution in [2.24, 2.45) is 11.8 Å². The number of hydrogen-bond acceptors (Lipinski definition) is 6. The van der Waals surface area contributed by atoms with Crippen molar-refractivity contribution in [1.29, 1.82) is 0 Å². The van der Waals surface area contributed by atoms with Crippen LogP contribution < -0.4 is 5.11 Å². The van der Waals surface area contributed by atoms with Gasteiger partial charge < -0.3 is 24.3 Å². The van der Waals surface area contributed by atoms with Crippen LogP contribution in [0.5, 0.6) is 0 Å². The van der Waals surface area contributed by atoms with E-state index in [0.717, 1.165) is 0 Å². The second kappa shape index (κ2) is 6.11. The van der Waals surface area contributed by atoms with Gasteiger partial charge in [-0.3, -0.25) is 4.79 Å². The summed E-state index contributed by atoms with van der Waals surface area (Å²) in [6, 6.07) is 0. The van der Waals surface area contributed by atoms with Crippen LogP contribution in [-0.2, 0) is 19.1 Å². The molecule has 114 valence electrons. The number of ether oxygens (including phenoxy) is 2. The van der Waals surface area contributed by atoms with E-state index >= 15 is 0 Å². The van der Waals surface area contributed by atoms with E-state index in [2.05, 4.69) is 0 Å². The Hall–Kier alpha value is -1.79. The lowest BCUT2D eigenvalue weighted by atomic mass is 9.96. The van der Waals surface area contributed by atoms with Crippen LogP contribution in [0.15, 0.2) is 0 Å². The first-order valence-electron chi connectivity index (χ1n) is 6.51. The molecular formula is C13H20NO6-. The molecule has 2 atom stereocenters. The van der Waals surface area contributed by atoms with Crippen LogP contribution >= 0.6 is 0 Å². The second-order valence-corrected chi connectivity index (χ2v) is 5.67. The molecule has 0 N–H and O–H groups in total. The zero-order valence-corrected chi connectivity index (χ0v) is 12.2. The van der Waals surface area contributed by atoms with E-state index in [-0.39, 0.29) is 19.7 Å². The quantitative estimate of drug-likeness (QED) is 0.666. The SMILES string of the molecule is CCOC(=O)C1CN(C(=O)OC(C)(C)C)CC1C(=O)[O-]. The Bertz CT molecular complexity index is 400. The van der Waals surface area contributed by atoms with Gasteiger partial charge in [-0.05, 0) is 27.7 Å². The summed E-state index contributed by atoms with van der Waals surface area (Å²) in [5, 5.41) is 11.1. The third-order valence-electron chi connectivity index (χ3n) is 2.86. The molecule has 1 aliphatic heterocycles. The summed E-state index contributed by atoms with van der Waals surface area (Å²) in [7, 11) is 0. The van der Waals surface area contributed by atoms with Gasteiger partial charge in [-0.15, -0.1) is 0 Å². The lowest BCUT2D eigenvalue weighted by Gasteiger charge is -2.24. The predicted molar refractivity (Wildman–Crippen MR) is 66.4 cm³/mol. The van der Waals surface area contributed by atoms with E-state index in [0.29, 0.717) is 0 Å². The lowest BCUT2D eigenvalue weighted by Crippen LogP contribution is -2.39. The summed E-state index contributed by atoms with van der Waals surface area (Å²) >= 11 is 0. The molecule has 1 aliphatic rings. The van der Waals surface area contributed by atoms with E-state index in [1.54, 1.807) is 27.7 Å². The van der Waals surface area contributed by atoms with Gasteiger partial charge >= 0.3 is 12.1 Å². The highest BCUT2D eigenvalue weighted by Gasteiger charge is 2.42. The minimum absolute atomic E-state index is 0.0353. The minimum atomic E-state index is -1.37. The Morgan fingerprint density at radius 2 is 1.75 bits per heavy atom. The number of carboxylic acid groups (broad SMARTS) is 1. The summed E-state index contributed by atoms with van der Waals surface area (Å²) in [5.74, 6) is -3.98. The number of carboxylic acids is 1. The topological polar surface area (TPSA) is 96.0 Å². The molecule has 0 saturated carbocycles. The molecule has 0 aromatic heterocycles. The fraction of sp³-hybridized carbons (Fsp3) is 0.769. The van der Waals surface area contributed by atoms with Crippen molar-refractivity contribution in [2.45, 2.75) is 33.3 Å². The van der Waals surface area contributed by atoms with Gasteiger partial charge in [0.2, 0.25) is 0 Å². The first kappa shape index (κ1) is 16.3. The van der Waals surface area contributed by atoms with Crippen molar-refractivity contribution in [1.82, 2.24) is 4.90 Å². The average molecular weight is 286 g/mol. The van der Waals surface area contributed by atoms with Crippen molar-refractivity contribution in [3.63, 3.8) is 0 Å². The zero-order chi connectivity index (χ0) is 15.5. The molecule has 1 fully saturated rings. The molecule has 0 spiro atoms. The molecule has 7 nitrogen and oxygen atoms in total. The first-order valence-corrected chi connectivity index (χ1v) is 6.51. The molecule has 7 heteroatoms. The number of amides is 1. The highest BCUT2D eigenvalue weighted by Crippen LogP contribution is 2.26. The molecule has 0 radical (unpaired) electrons. The van der Waals surface area contributed by atoms with E-state index < -0.39 is 35.5 Å². The summed E-state index contributed by atoms with van der Waals surface area (Å²) in [6.45, 7) is 6.77. The number of esters is 1. The molecule has 0 bridgehead atoms. The standard InChI is InChI=1S/C13H21NO6/c1-5-19-11(17)9-7-14(6-8(9)10(15)16)12(18)20-13(2,3)4/h8-9H,5-7H2,1-4H3,(H,15,16)/p-1. The maximum atomic E-state index is 11.9. The molecule has 1 heterocycles. The minimum Gasteiger partial charge on any atom is -0.550 e. The maximum Gasteiger partial charge on any atom is 0.410 e. The Kier molecular flexibility index (Phi) is 4.97. The molecule has 1 amide bonds. The Morgan fingerprint density at radius 3 is 2.20 bits per heavy atom. The van der Waals surface area contributed by atoms with Crippen LogP contribution in [-0.4, -0.2) is 48.2 Å². The largest absolute Gasteiger partial charge is 0.550 e. The van der Waals surface area contributed by atoms with Crippen LogP contribution in [0.4, 0.5) is 4.79 Å². The zero-order valence-electron chi connectivity index (χ0n) is 12.2. The van der Waals surface area contributed by atoms with Gasteiger partial charge in [0.15, 0.2) is 0 Å². The Balaban J connectivity index is 2.77. The number of nitrogens with zero attached hydrogens (tertiary/aromatic N) is 1. The van der Waals surface area contributed by atoms with E-state index in [9.17, 15) is 19.5 Å². The number of aliphatic carboxylic acids is 1. The molecular weight excluding hydrogens is 266 g/mol. The van der Waals surface area contributed by atoms with Crippen LogP contribution in [0.25, 0.3) is 0 Å². The van der Waals surface area contributed by atoms with Gasteiger partial charge in [-0.2, -0.15) is 0 Å². The Labute approximate surface area is 117 Å². The summed E-state index contributed by atoms with van der Waals surface area (Å²) in [6.07, 6.45) is -0.643. The van der Waals surface area contributed by atoms with Crippen molar-refractivity contribution in [3.05, 3.63) is 0 Å². The third kappa shape index (κ3) is 4.11. The van der Waals surface area contributed by atoms with Gasteiger partial charge in [0.1, 0.15) is 5.60 Å². The average Bonchev–Trinajstić information content (AvgIpc) is 2.71. The van der Waals surface area contributed by atoms with Crippen LogP contribution in [0.2, 0.25) is 0 Å². The number of rotatable bonds is 3.